The van der Waals surface area contributed by atoms with Crippen LogP contribution in [0.15, 0.2) is 30.5 Å². The van der Waals surface area contributed by atoms with Gasteiger partial charge in [0, 0.05) is 24.6 Å². The number of nitrogens with one attached hydrogen (secondary N) is 2. The lowest BCUT2D eigenvalue weighted by molar-refractivity contribution is -0.385. The number of hydrogen-bond donors (Lipinski definition) is 2. The summed E-state index contributed by atoms with van der Waals surface area (Å²) in [6.45, 7) is 2.70. The third kappa shape index (κ3) is 4.60. The summed E-state index contributed by atoms with van der Waals surface area (Å²) in [6.07, 6.45) is 1.72. The molecule has 1 aromatic heterocycles. The van der Waals surface area contributed by atoms with Crippen LogP contribution in [0, 0.1) is 28.7 Å². The van der Waals surface area contributed by atoms with Crippen molar-refractivity contribution in [2.24, 2.45) is 0 Å². The lowest BCUT2D eigenvalue weighted by atomic mass is 9.85. The van der Waals surface area contributed by atoms with Crippen molar-refractivity contribution in [2.45, 2.75) is 25.3 Å². The number of aryl methyl sites for hydroxylation is 1. The van der Waals surface area contributed by atoms with E-state index in [0.717, 1.165) is 18.3 Å². The number of pyridine rings is 1. The average molecular weight is 413 g/mol. The lowest BCUT2D eigenvalue weighted by Crippen LogP contribution is -2.50. The molecule has 150 valence electrons. The first kappa shape index (κ1) is 21.6. The monoisotopic (exact) mass is 412 g/mol. The first-order valence-electron chi connectivity index (χ1n) is 8.44. The Kier molecular flexibility index (Phi) is 6.98. The number of piperidine rings is 1. The van der Waals surface area contributed by atoms with E-state index in [1.54, 1.807) is 6.92 Å². The minimum absolute atomic E-state index is 0. The molecule has 1 saturated heterocycles. The van der Waals surface area contributed by atoms with Crippen molar-refractivity contribution in [3.05, 3.63) is 69.0 Å². The highest BCUT2D eigenvalue weighted by molar-refractivity contribution is 5.96. The molecule has 0 bridgehead atoms. The largest absolute Gasteiger partial charge is 0.347 e. The summed E-state index contributed by atoms with van der Waals surface area (Å²) in [6, 6.07) is 4.52. The van der Waals surface area contributed by atoms with E-state index < -0.39 is 22.5 Å². The molecule has 1 amide bonds. The van der Waals surface area contributed by atoms with Crippen molar-refractivity contribution in [3.8, 4) is 0 Å². The molecule has 2 N–H and O–H groups in total. The van der Waals surface area contributed by atoms with Gasteiger partial charge in [0.15, 0.2) is 11.6 Å². The molecule has 1 aliphatic heterocycles. The molecule has 0 radical (unpaired) electrons. The molecule has 1 aliphatic rings. The summed E-state index contributed by atoms with van der Waals surface area (Å²) in [7, 11) is 0. The molecule has 10 heteroatoms. The van der Waals surface area contributed by atoms with Crippen LogP contribution in [0.4, 0.5) is 14.5 Å². The van der Waals surface area contributed by atoms with Crippen molar-refractivity contribution < 1.29 is 18.5 Å². The summed E-state index contributed by atoms with van der Waals surface area (Å²) in [5.74, 6) is -2.57. The molecule has 1 fully saturated rings. The Morgan fingerprint density at radius 2 is 2.07 bits per heavy atom. The van der Waals surface area contributed by atoms with Gasteiger partial charge in [-0.05, 0) is 37.6 Å². The number of rotatable bonds is 4. The van der Waals surface area contributed by atoms with E-state index >= 15 is 0 Å². The zero-order chi connectivity index (χ0) is 19.6. The topological polar surface area (TPSA) is 97.2 Å². The molecular formula is C18H19ClF2N4O3. The molecule has 2 aromatic rings. The van der Waals surface area contributed by atoms with Crippen LogP contribution in [-0.2, 0) is 0 Å². The predicted octanol–water partition coefficient (Wildman–Crippen LogP) is 2.87. The SMILES string of the molecule is Cc1ncc([N+](=O)[O-])cc1C(=O)NC1CNCCC1c1ccc(F)c(F)c1.Cl. The Labute approximate surface area is 166 Å². The minimum atomic E-state index is -0.935. The van der Waals surface area contributed by atoms with Crippen molar-refractivity contribution in [1.29, 1.82) is 0 Å². The molecule has 2 unspecified atom stereocenters. The van der Waals surface area contributed by atoms with Gasteiger partial charge in [-0.2, -0.15) is 0 Å². The van der Waals surface area contributed by atoms with E-state index in [4.69, 9.17) is 0 Å². The Bertz CT molecular complexity index is 897. The van der Waals surface area contributed by atoms with Crippen molar-refractivity contribution in [1.82, 2.24) is 15.6 Å². The van der Waals surface area contributed by atoms with Gasteiger partial charge >= 0.3 is 0 Å². The van der Waals surface area contributed by atoms with Crippen molar-refractivity contribution in [2.75, 3.05) is 13.1 Å². The van der Waals surface area contributed by atoms with Gasteiger partial charge in [-0.3, -0.25) is 19.9 Å². The highest BCUT2D eigenvalue weighted by Crippen LogP contribution is 2.27. The molecule has 0 aliphatic carbocycles. The fraction of sp³-hybridized carbons (Fsp3) is 0.333. The van der Waals surface area contributed by atoms with Crippen LogP contribution in [0.1, 0.15) is 34.0 Å². The second kappa shape index (κ2) is 9.03. The van der Waals surface area contributed by atoms with E-state index in [0.29, 0.717) is 30.8 Å². The van der Waals surface area contributed by atoms with Gasteiger partial charge in [-0.25, -0.2) is 8.78 Å². The molecule has 0 saturated carbocycles. The number of carbonyl (C=O) groups is 1. The zero-order valence-electron chi connectivity index (χ0n) is 14.9. The lowest BCUT2D eigenvalue weighted by Gasteiger charge is -2.33. The Hall–Kier alpha value is -2.65. The summed E-state index contributed by atoms with van der Waals surface area (Å²) >= 11 is 0. The molecular weight excluding hydrogens is 394 g/mol. The molecule has 0 spiro atoms. The molecule has 3 rings (SSSR count). The van der Waals surface area contributed by atoms with Gasteiger partial charge in [0.25, 0.3) is 11.6 Å². The normalized spacial score (nSPS) is 18.8. The maximum Gasteiger partial charge on any atom is 0.288 e. The number of nitro groups is 1. The maximum atomic E-state index is 13.6. The summed E-state index contributed by atoms with van der Waals surface area (Å²) in [5.41, 5.74) is 0.796. The van der Waals surface area contributed by atoms with Gasteiger partial charge in [0.1, 0.15) is 6.20 Å². The highest BCUT2D eigenvalue weighted by Gasteiger charge is 2.29. The second-order valence-electron chi connectivity index (χ2n) is 6.44. The number of amides is 1. The standard InChI is InChI=1S/C18H18F2N4O3.ClH/c1-10-14(7-12(8-22-10)24(26)27)18(25)23-17-9-21-5-4-13(17)11-2-3-15(19)16(20)6-11;/h2-3,6-8,13,17,21H,4-5,9H2,1H3,(H,23,25);1H. The van der Waals surface area contributed by atoms with Gasteiger partial charge in [0.2, 0.25) is 0 Å². The van der Waals surface area contributed by atoms with E-state index in [-0.39, 0.29) is 35.6 Å². The van der Waals surface area contributed by atoms with Crippen LogP contribution in [0.2, 0.25) is 0 Å². The number of hydrogen-bond acceptors (Lipinski definition) is 5. The molecule has 1 aromatic carbocycles. The van der Waals surface area contributed by atoms with Crippen molar-refractivity contribution >= 4 is 24.0 Å². The van der Waals surface area contributed by atoms with Gasteiger partial charge < -0.3 is 10.6 Å². The second-order valence-corrected chi connectivity index (χ2v) is 6.44. The van der Waals surface area contributed by atoms with Crippen LogP contribution in [0.5, 0.6) is 0 Å². The fourth-order valence-corrected chi connectivity index (χ4v) is 3.25. The van der Waals surface area contributed by atoms with Crippen LogP contribution in [0.3, 0.4) is 0 Å². The van der Waals surface area contributed by atoms with Gasteiger partial charge in [0.05, 0.1) is 16.2 Å². The third-order valence-corrected chi connectivity index (χ3v) is 4.70. The number of aromatic nitrogens is 1. The maximum absolute atomic E-state index is 13.6. The summed E-state index contributed by atoms with van der Waals surface area (Å²) in [5, 5.41) is 16.9. The molecule has 2 heterocycles. The zero-order valence-corrected chi connectivity index (χ0v) is 15.8. The third-order valence-electron chi connectivity index (χ3n) is 4.70. The molecule has 2 atom stereocenters. The highest BCUT2D eigenvalue weighted by atomic mass is 35.5. The van der Waals surface area contributed by atoms with Crippen LogP contribution < -0.4 is 10.6 Å². The Morgan fingerprint density at radius 1 is 1.32 bits per heavy atom. The summed E-state index contributed by atoms with van der Waals surface area (Å²) in [4.78, 5) is 26.9. The molecule has 7 nitrogen and oxygen atoms in total. The molecule has 28 heavy (non-hydrogen) atoms. The van der Waals surface area contributed by atoms with Crippen LogP contribution >= 0.6 is 12.4 Å². The fourth-order valence-electron chi connectivity index (χ4n) is 3.25. The van der Waals surface area contributed by atoms with E-state index in [1.807, 2.05) is 0 Å². The van der Waals surface area contributed by atoms with Gasteiger partial charge in [-0.1, -0.05) is 6.07 Å². The first-order valence-corrected chi connectivity index (χ1v) is 8.44. The number of benzene rings is 1. The number of carbonyl (C=O) groups excluding carboxylic acids is 1. The summed E-state index contributed by atoms with van der Waals surface area (Å²) < 4.78 is 26.8. The Balaban J connectivity index is 0.00000280. The van der Waals surface area contributed by atoms with E-state index in [1.165, 1.54) is 12.1 Å². The van der Waals surface area contributed by atoms with E-state index in [9.17, 15) is 23.7 Å². The minimum Gasteiger partial charge on any atom is -0.347 e. The van der Waals surface area contributed by atoms with E-state index in [2.05, 4.69) is 15.6 Å². The van der Waals surface area contributed by atoms with Crippen molar-refractivity contribution in [3.63, 3.8) is 0 Å². The first-order chi connectivity index (χ1) is 12.9. The number of halogens is 3. The average Bonchev–Trinajstić information content (AvgIpc) is 2.64. The van der Waals surface area contributed by atoms with Crippen LogP contribution in [0.25, 0.3) is 0 Å². The quantitative estimate of drug-likeness (QED) is 0.594. The Morgan fingerprint density at radius 3 is 2.75 bits per heavy atom. The van der Waals surface area contributed by atoms with Crippen LogP contribution in [-0.4, -0.2) is 34.9 Å². The smallest absolute Gasteiger partial charge is 0.288 e. The van der Waals surface area contributed by atoms with Gasteiger partial charge in [-0.15, -0.1) is 12.4 Å². The predicted molar refractivity (Wildman–Crippen MR) is 101 cm³/mol. The number of nitrogens with zero attached hydrogens (tertiary/aromatic N) is 2.